The van der Waals surface area contributed by atoms with Crippen molar-refractivity contribution in [2.45, 2.75) is 25.3 Å². The van der Waals surface area contributed by atoms with Crippen molar-refractivity contribution in [3.8, 4) is 0 Å². The molecule has 2 aromatic rings. The van der Waals surface area contributed by atoms with Gasteiger partial charge in [0, 0.05) is 17.6 Å². The van der Waals surface area contributed by atoms with Gasteiger partial charge < -0.3 is 10.2 Å². The highest BCUT2D eigenvalue weighted by Crippen LogP contribution is 2.14. The lowest BCUT2D eigenvalue weighted by Crippen LogP contribution is -2.43. The minimum atomic E-state index is 0.118. The summed E-state index contributed by atoms with van der Waals surface area (Å²) in [5.74, 6) is 0.118. The number of amides is 1. The van der Waals surface area contributed by atoms with Gasteiger partial charge in [-0.05, 0) is 56.7 Å². The maximum atomic E-state index is 12.2. The molecule has 21 heavy (non-hydrogen) atoms. The van der Waals surface area contributed by atoms with Crippen LogP contribution in [0.25, 0.3) is 10.9 Å². The molecule has 1 N–H and O–H groups in total. The predicted molar refractivity (Wildman–Crippen MR) is 84.1 cm³/mol. The number of carbonyl (C=O) groups is 1. The van der Waals surface area contributed by atoms with Gasteiger partial charge in [-0.2, -0.15) is 0 Å². The largest absolute Gasteiger partial charge is 0.353 e. The quantitative estimate of drug-likeness (QED) is 0.937. The van der Waals surface area contributed by atoms with E-state index >= 15 is 0 Å². The van der Waals surface area contributed by atoms with E-state index in [9.17, 15) is 4.79 Å². The summed E-state index contributed by atoms with van der Waals surface area (Å²) in [7, 11) is 2.13. The number of fused-ring (bicyclic) bond motifs is 1. The summed E-state index contributed by atoms with van der Waals surface area (Å²) in [4.78, 5) is 18.8. The standard InChI is InChI=1S/C17H21N3O/c1-20-9-6-15(7-10-20)19-17(21)12-13-4-5-16-14(11-13)3-2-8-18-16/h2-5,8,11,15H,6-7,9-10,12H2,1H3,(H,19,21). The molecule has 0 saturated carbocycles. The van der Waals surface area contributed by atoms with E-state index < -0.39 is 0 Å². The van der Waals surface area contributed by atoms with Crippen molar-refractivity contribution in [1.82, 2.24) is 15.2 Å². The fraction of sp³-hybridized carbons (Fsp3) is 0.412. The zero-order valence-corrected chi connectivity index (χ0v) is 12.4. The molecule has 1 fully saturated rings. The second-order valence-corrected chi connectivity index (χ2v) is 5.85. The molecule has 0 unspecified atom stereocenters. The molecule has 0 spiro atoms. The Balaban J connectivity index is 1.60. The van der Waals surface area contributed by atoms with Crippen LogP contribution in [0.4, 0.5) is 0 Å². The van der Waals surface area contributed by atoms with Crippen molar-refractivity contribution in [2.24, 2.45) is 0 Å². The van der Waals surface area contributed by atoms with Crippen molar-refractivity contribution < 1.29 is 4.79 Å². The van der Waals surface area contributed by atoms with Gasteiger partial charge in [-0.1, -0.05) is 12.1 Å². The Morgan fingerprint density at radius 1 is 1.33 bits per heavy atom. The topological polar surface area (TPSA) is 45.2 Å². The Morgan fingerprint density at radius 2 is 2.14 bits per heavy atom. The lowest BCUT2D eigenvalue weighted by molar-refractivity contribution is -0.121. The van der Waals surface area contributed by atoms with Gasteiger partial charge in [-0.15, -0.1) is 0 Å². The number of piperidine rings is 1. The van der Waals surface area contributed by atoms with Crippen LogP contribution in [0.2, 0.25) is 0 Å². The molecule has 110 valence electrons. The molecule has 4 nitrogen and oxygen atoms in total. The van der Waals surface area contributed by atoms with Gasteiger partial charge >= 0.3 is 0 Å². The number of benzene rings is 1. The summed E-state index contributed by atoms with van der Waals surface area (Å²) in [6.45, 7) is 2.12. The molecule has 2 heterocycles. The second kappa shape index (κ2) is 6.22. The van der Waals surface area contributed by atoms with Crippen LogP contribution in [-0.4, -0.2) is 42.0 Å². The van der Waals surface area contributed by atoms with Gasteiger partial charge in [0.1, 0.15) is 0 Å². The lowest BCUT2D eigenvalue weighted by atomic mass is 10.0. The summed E-state index contributed by atoms with van der Waals surface area (Å²) in [6, 6.07) is 10.3. The third-order valence-corrected chi connectivity index (χ3v) is 4.12. The van der Waals surface area contributed by atoms with Crippen LogP contribution in [0.3, 0.4) is 0 Å². The molecule has 1 aromatic heterocycles. The first-order valence-corrected chi connectivity index (χ1v) is 7.52. The fourth-order valence-electron chi connectivity index (χ4n) is 2.85. The first-order chi connectivity index (χ1) is 10.2. The number of pyridine rings is 1. The molecule has 1 aliphatic heterocycles. The number of nitrogens with one attached hydrogen (secondary N) is 1. The van der Waals surface area contributed by atoms with Gasteiger partial charge in [0.25, 0.3) is 0 Å². The van der Waals surface area contributed by atoms with Crippen LogP contribution in [0.1, 0.15) is 18.4 Å². The number of hydrogen-bond acceptors (Lipinski definition) is 3. The molecule has 1 saturated heterocycles. The van der Waals surface area contributed by atoms with Gasteiger partial charge in [0.05, 0.1) is 11.9 Å². The maximum absolute atomic E-state index is 12.2. The average Bonchev–Trinajstić information content (AvgIpc) is 2.49. The van der Waals surface area contributed by atoms with E-state index in [-0.39, 0.29) is 5.91 Å². The SMILES string of the molecule is CN1CCC(NC(=O)Cc2ccc3ncccc3c2)CC1. The van der Waals surface area contributed by atoms with Crippen molar-refractivity contribution in [3.63, 3.8) is 0 Å². The highest BCUT2D eigenvalue weighted by molar-refractivity contribution is 5.83. The number of nitrogens with zero attached hydrogens (tertiary/aromatic N) is 2. The van der Waals surface area contributed by atoms with E-state index in [0.717, 1.165) is 42.4 Å². The lowest BCUT2D eigenvalue weighted by Gasteiger charge is -2.29. The van der Waals surface area contributed by atoms with Crippen molar-refractivity contribution >= 4 is 16.8 Å². The van der Waals surface area contributed by atoms with E-state index in [1.807, 2.05) is 24.3 Å². The first-order valence-electron chi connectivity index (χ1n) is 7.52. The molecule has 0 atom stereocenters. The van der Waals surface area contributed by atoms with E-state index in [1.54, 1.807) is 6.20 Å². The molecule has 1 aromatic carbocycles. The number of aromatic nitrogens is 1. The van der Waals surface area contributed by atoms with E-state index in [1.165, 1.54) is 0 Å². The van der Waals surface area contributed by atoms with Crippen LogP contribution in [0.5, 0.6) is 0 Å². The number of rotatable bonds is 3. The fourth-order valence-corrected chi connectivity index (χ4v) is 2.85. The predicted octanol–water partition coefficient (Wildman–Crippen LogP) is 1.99. The molecule has 0 aliphatic carbocycles. The van der Waals surface area contributed by atoms with E-state index in [2.05, 4.69) is 28.3 Å². The highest BCUT2D eigenvalue weighted by Gasteiger charge is 2.18. The van der Waals surface area contributed by atoms with Crippen molar-refractivity contribution in [1.29, 1.82) is 0 Å². The molecular weight excluding hydrogens is 262 g/mol. The van der Waals surface area contributed by atoms with Crippen LogP contribution in [-0.2, 0) is 11.2 Å². The maximum Gasteiger partial charge on any atom is 0.224 e. The van der Waals surface area contributed by atoms with Crippen molar-refractivity contribution in [2.75, 3.05) is 20.1 Å². The Labute approximate surface area is 125 Å². The Hall–Kier alpha value is -1.94. The van der Waals surface area contributed by atoms with Gasteiger partial charge in [-0.3, -0.25) is 9.78 Å². The smallest absolute Gasteiger partial charge is 0.224 e. The summed E-state index contributed by atoms with van der Waals surface area (Å²) < 4.78 is 0. The highest BCUT2D eigenvalue weighted by atomic mass is 16.1. The Bertz CT molecular complexity index is 633. The van der Waals surface area contributed by atoms with Crippen LogP contribution < -0.4 is 5.32 Å². The third-order valence-electron chi connectivity index (χ3n) is 4.12. The van der Waals surface area contributed by atoms with Crippen LogP contribution in [0.15, 0.2) is 36.5 Å². The van der Waals surface area contributed by atoms with Crippen LogP contribution in [0, 0.1) is 0 Å². The number of likely N-dealkylation sites (tertiary alicyclic amines) is 1. The Morgan fingerprint density at radius 3 is 2.95 bits per heavy atom. The monoisotopic (exact) mass is 283 g/mol. The summed E-state index contributed by atoms with van der Waals surface area (Å²) >= 11 is 0. The molecular formula is C17H21N3O. The van der Waals surface area contributed by atoms with E-state index in [0.29, 0.717) is 12.5 Å². The molecule has 0 bridgehead atoms. The van der Waals surface area contributed by atoms with Crippen molar-refractivity contribution in [3.05, 3.63) is 42.1 Å². The summed E-state index contributed by atoms with van der Waals surface area (Å²) in [5.41, 5.74) is 2.01. The summed E-state index contributed by atoms with van der Waals surface area (Å²) in [6.07, 6.45) is 4.32. The zero-order valence-electron chi connectivity index (χ0n) is 12.4. The second-order valence-electron chi connectivity index (χ2n) is 5.85. The molecule has 4 heteroatoms. The van der Waals surface area contributed by atoms with E-state index in [4.69, 9.17) is 0 Å². The first kappa shape index (κ1) is 14.0. The molecule has 3 rings (SSSR count). The zero-order chi connectivity index (χ0) is 14.7. The molecule has 1 aliphatic rings. The third kappa shape index (κ3) is 3.58. The Kier molecular flexibility index (Phi) is 4.15. The number of hydrogen-bond donors (Lipinski definition) is 1. The average molecular weight is 283 g/mol. The van der Waals surface area contributed by atoms with Gasteiger partial charge in [0.2, 0.25) is 5.91 Å². The molecule has 0 radical (unpaired) electrons. The van der Waals surface area contributed by atoms with Gasteiger partial charge in [0.15, 0.2) is 0 Å². The normalized spacial score (nSPS) is 17.0. The molecule has 1 amide bonds. The van der Waals surface area contributed by atoms with Gasteiger partial charge in [-0.25, -0.2) is 0 Å². The minimum absolute atomic E-state index is 0.118. The summed E-state index contributed by atoms with van der Waals surface area (Å²) in [5, 5.41) is 4.24. The minimum Gasteiger partial charge on any atom is -0.353 e. The number of carbonyl (C=O) groups excluding carboxylic acids is 1. The van der Waals surface area contributed by atoms with Crippen LogP contribution >= 0.6 is 0 Å².